The summed E-state index contributed by atoms with van der Waals surface area (Å²) in [4.78, 5) is 8.84. The summed E-state index contributed by atoms with van der Waals surface area (Å²) in [5.41, 5.74) is 7.02. The zero-order chi connectivity index (χ0) is 13.7. The fraction of sp³-hybridized carbons (Fsp3) is 0.615. The van der Waals surface area contributed by atoms with Gasteiger partial charge in [-0.15, -0.1) is 0 Å². The quantitative estimate of drug-likeness (QED) is 0.611. The summed E-state index contributed by atoms with van der Waals surface area (Å²) in [6.45, 7) is 3.25. The Labute approximate surface area is 119 Å². The summed E-state index contributed by atoms with van der Waals surface area (Å²) < 4.78 is 5.76. The second kappa shape index (κ2) is 6.77. The van der Waals surface area contributed by atoms with Crippen LogP contribution >= 0.6 is 12.2 Å². The first kappa shape index (κ1) is 14.1. The van der Waals surface area contributed by atoms with E-state index in [9.17, 15) is 0 Å². The number of anilines is 1. The lowest BCUT2D eigenvalue weighted by Gasteiger charge is -2.12. The lowest BCUT2D eigenvalue weighted by atomic mass is 10.3. The maximum absolute atomic E-state index is 5.76. The van der Waals surface area contributed by atoms with Crippen molar-refractivity contribution < 1.29 is 4.74 Å². The van der Waals surface area contributed by atoms with Crippen LogP contribution in [0.3, 0.4) is 0 Å². The van der Waals surface area contributed by atoms with Crippen LogP contribution in [0.5, 0.6) is 0 Å². The number of nitrogens with zero attached hydrogens (tertiary/aromatic N) is 2. The molecule has 1 saturated carbocycles. The molecular weight excluding hydrogens is 260 g/mol. The number of hydrogen-bond acceptors (Lipinski definition) is 5. The predicted molar refractivity (Wildman–Crippen MR) is 79.4 cm³/mol. The summed E-state index contributed by atoms with van der Waals surface area (Å²) >= 11 is 4.92. The van der Waals surface area contributed by atoms with Crippen LogP contribution in [0, 0.1) is 6.92 Å². The SMILES string of the molecule is Cc1cc(C(N)=S)nc(NCCOC2CCCC2)n1. The van der Waals surface area contributed by atoms with Gasteiger partial charge in [0.25, 0.3) is 0 Å². The van der Waals surface area contributed by atoms with E-state index in [1.807, 2.05) is 6.92 Å². The highest BCUT2D eigenvalue weighted by atomic mass is 32.1. The Kier molecular flexibility index (Phi) is 5.04. The molecule has 0 bridgehead atoms. The van der Waals surface area contributed by atoms with Crippen molar-refractivity contribution in [2.75, 3.05) is 18.5 Å². The van der Waals surface area contributed by atoms with E-state index >= 15 is 0 Å². The van der Waals surface area contributed by atoms with Gasteiger partial charge < -0.3 is 15.8 Å². The molecule has 0 radical (unpaired) electrons. The molecule has 1 fully saturated rings. The number of nitrogens with one attached hydrogen (secondary N) is 1. The van der Waals surface area contributed by atoms with E-state index in [4.69, 9.17) is 22.7 Å². The predicted octanol–water partition coefficient (Wildman–Crippen LogP) is 1.79. The molecule has 0 saturated heterocycles. The Morgan fingerprint density at radius 1 is 1.47 bits per heavy atom. The number of aromatic nitrogens is 2. The Morgan fingerprint density at radius 3 is 2.89 bits per heavy atom. The van der Waals surface area contributed by atoms with Gasteiger partial charge in [0.2, 0.25) is 5.95 Å². The highest BCUT2D eigenvalue weighted by Crippen LogP contribution is 2.20. The molecule has 1 aromatic rings. The minimum absolute atomic E-state index is 0.288. The fourth-order valence-corrected chi connectivity index (χ4v) is 2.32. The van der Waals surface area contributed by atoms with E-state index in [-0.39, 0.29) is 4.99 Å². The molecular formula is C13H20N4OS. The van der Waals surface area contributed by atoms with Crippen LogP contribution in [-0.4, -0.2) is 34.2 Å². The van der Waals surface area contributed by atoms with Crippen molar-refractivity contribution in [1.82, 2.24) is 9.97 Å². The average molecular weight is 280 g/mol. The maximum atomic E-state index is 5.76. The van der Waals surface area contributed by atoms with E-state index in [0.717, 1.165) is 5.69 Å². The van der Waals surface area contributed by atoms with Crippen molar-refractivity contribution in [2.24, 2.45) is 5.73 Å². The number of aryl methyl sites for hydroxylation is 1. The molecule has 0 unspecified atom stereocenters. The van der Waals surface area contributed by atoms with Crippen molar-refractivity contribution in [2.45, 2.75) is 38.7 Å². The van der Waals surface area contributed by atoms with Gasteiger partial charge >= 0.3 is 0 Å². The highest BCUT2D eigenvalue weighted by molar-refractivity contribution is 7.80. The lowest BCUT2D eigenvalue weighted by molar-refractivity contribution is 0.0658. The highest BCUT2D eigenvalue weighted by Gasteiger charge is 2.14. The van der Waals surface area contributed by atoms with Crippen LogP contribution in [0.15, 0.2) is 6.07 Å². The molecule has 1 aromatic heterocycles. The topological polar surface area (TPSA) is 73.1 Å². The van der Waals surface area contributed by atoms with Crippen molar-refractivity contribution >= 4 is 23.2 Å². The molecule has 0 atom stereocenters. The van der Waals surface area contributed by atoms with Gasteiger partial charge in [0, 0.05) is 12.2 Å². The number of hydrogen-bond donors (Lipinski definition) is 2. The third kappa shape index (κ3) is 4.40. The van der Waals surface area contributed by atoms with E-state index in [1.165, 1.54) is 25.7 Å². The minimum Gasteiger partial charge on any atom is -0.388 e. The van der Waals surface area contributed by atoms with Crippen LogP contribution in [0.25, 0.3) is 0 Å². The van der Waals surface area contributed by atoms with E-state index in [0.29, 0.717) is 30.9 Å². The molecule has 0 spiro atoms. The van der Waals surface area contributed by atoms with Crippen molar-refractivity contribution in [3.63, 3.8) is 0 Å². The minimum atomic E-state index is 0.288. The third-order valence-corrected chi connectivity index (χ3v) is 3.36. The molecule has 0 aromatic carbocycles. The number of ether oxygens (including phenoxy) is 1. The molecule has 1 heterocycles. The zero-order valence-electron chi connectivity index (χ0n) is 11.2. The van der Waals surface area contributed by atoms with E-state index in [2.05, 4.69) is 15.3 Å². The summed E-state index contributed by atoms with van der Waals surface area (Å²) in [7, 11) is 0. The molecule has 1 aliphatic rings. The van der Waals surface area contributed by atoms with Gasteiger partial charge in [0.15, 0.2) is 0 Å². The number of thiocarbonyl (C=S) groups is 1. The number of rotatable bonds is 6. The van der Waals surface area contributed by atoms with Crippen LogP contribution < -0.4 is 11.1 Å². The van der Waals surface area contributed by atoms with Crippen molar-refractivity contribution in [3.05, 3.63) is 17.5 Å². The monoisotopic (exact) mass is 280 g/mol. The Hall–Kier alpha value is -1.27. The standard InChI is InChI=1S/C13H20N4OS/c1-9-8-11(12(14)19)17-13(16-9)15-6-7-18-10-4-2-3-5-10/h8,10H,2-7H2,1H3,(H2,14,19)(H,15,16,17). The molecule has 3 N–H and O–H groups in total. The van der Waals surface area contributed by atoms with Crippen molar-refractivity contribution in [1.29, 1.82) is 0 Å². The first-order chi connectivity index (χ1) is 9.15. The fourth-order valence-electron chi connectivity index (χ4n) is 2.22. The van der Waals surface area contributed by atoms with Gasteiger partial charge in [0.05, 0.1) is 12.7 Å². The van der Waals surface area contributed by atoms with Gasteiger partial charge in [-0.1, -0.05) is 25.1 Å². The Bertz CT molecular complexity index is 446. The van der Waals surface area contributed by atoms with Crippen LogP contribution in [0.1, 0.15) is 37.1 Å². The first-order valence-electron chi connectivity index (χ1n) is 6.66. The summed E-state index contributed by atoms with van der Waals surface area (Å²) in [5.74, 6) is 0.554. The van der Waals surface area contributed by atoms with E-state index in [1.54, 1.807) is 6.07 Å². The largest absolute Gasteiger partial charge is 0.388 e. The molecule has 2 rings (SSSR count). The smallest absolute Gasteiger partial charge is 0.223 e. The summed E-state index contributed by atoms with van der Waals surface area (Å²) in [6.07, 6.45) is 5.39. The van der Waals surface area contributed by atoms with Gasteiger partial charge in [-0.3, -0.25) is 0 Å². The van der Waals surface area contributed by atoms with Gasteiger partial charge in [0.1, 0.15) is 10.7 Å². The molecule has 0 amide bonds. The van der Waals surface area contributed by atoms with Gasteiger partial charge in [-0.05, 0) is 25.8 Å². The molecule has 1 aliphatic carbocycles. The van der Waals surface area contributed by atoms with E-state index < -0.39 is 0 Å². The van der Waals surface area contributed by atoms with Gasteiger partial charge in [-0.25, -0.2) is 9.97 Å². The second-order valence-corrected chi connectivity index (χ2v) is 5.23. The first-order valence-corrected chi connectivity index (χ1v) is 7.07. The van der Waals surface area contributed by atoms with Gasteiger partial charge in [-0.2, -0.15) is 0 Å². The Morgan fingerprint density at radius 2 is 2.21 bits per heavy atom. The van der Waals surface area contributed by atoms with Crippen LogP contribution in [-0.2, 0) is 4.74 Å². The summed E-state index contributed by atoms with van der Waals surface area (Å²) in [6, 6.07) is 1.78. The number of nitrogens with two attached hydrogens (primary N) is 1. The molecule has 0 aliphatic heterocycles. The van der Waals surface area contributed by atoms with Crippen LogP contribution in [0.2, 0.25) is 0 Å². The molecule has 19 heavy (non-hydrogen) atoms. The average Bonchev–Trinajstić information content (AvgIpc) is 2.87. The normalized spacial score (nSPS) is 15.6. The van der Waals surface area contributed by atoms with Crippen LogP contribution in [0.4, 0.5) is 5.95 Å². The lowest BCUT2D eigenvalue weighted by Crippen LogP contribution is -2.18. The Balaban J connectivity index is 1.80. The van der Waals surface area contributed by atoms with Crippen molar-refractivity contribution in [3.8, 4) is 0 Å². The maximum Gasteiger partial charge on any atom is 0.223 e. The third-order valence-electron chi connectivity index (χ3n) is 3.15. The molecule has 104 valence electrons. The molecule has 5 nitrogen and oxygen atoms in total. The summed E-state index contributed by atoms with van der Waals surface area (Å²) in [5, 5.41) is 3.14. The zero-order valence-corrected chi connectivity index (χ0v) is 12.0. The second-order valence-electron chi connectivity index (χ2n) is 4.79. The molecule has 6 heteroatoms.